The summed E-state index contributed by atoms with van der Waals surface area (Å²) in [5, 5.41) is 10.8. The first-order valence-electron chi connectivity index (χ1n) is 10.6. The van der Waals surface area contributed by atoms with E-state index in [1.165, 1.54) is 24.3 Å². The number of aliphatic hydroxyl groups is 1. The Hall–Kier alpha value is -3.06. The van der Waals surface area contributed by atoms with Crippen LogP contribution in [0.5, 0.6) is 0 Å². The molecule has 1 aliphatic rings. The summed E-state index contributed by atoms with van der Waals surface area (Å²) in [4.78, 5) is 4.63. The van der Waals surface area contributed by atoms with E-state index >= 15 is 4.39 Å². The molecule has 0 radical (unpaired) electrons. The van der Waals surface area contributed by atoms with Crippen molar-refractivity contribution < 1.29 is 27.1 Å². The van der Waals surface area contributed by atoms with Crippen LogP contribution in [0.25, 0.3) is 17.2 Å². The summed E-state index contributed by atoms with van der Waals surface area (Å²) >= 11 is 0. The maximum Gasteiger partial charge on any atom is 0.416 e. The molecule has 0 saturated heterocycles. The second kappa shape index (κ2) is 8.71. The summed E-state index contributed by atoms with van der Waals surface area (Å²) in [6.45, 7) is 3.68. The van der Waals surface area contributed by atoms with Gasteiger partial charge >= 0.3 is 6.18 Å². The summed E-state index contributed by atoms with van der Waals surface area (Å²) in [5.74, 6) is -0.683. The second-order valence-corrected chi connectivity index (χ2v) is 8.38. The minimum absolute atomic E-state index is 0.0378. The minimum atomic E-state index is -4.53. The van der Waals surface area contributed by atoms with Gasteiger partial charge in [0.1, 0.15) is 5.82 Å². The first kappa shape index (κ1) is 23.1. The van der Waals surface area contributed by atoms with Crippen LogP contribution in [0.15, 0.2) is 54.6 Å². The number of hydrogen-bond donors (Lipinski definition) is 1. The van der Waals surface area contributed by atoms with Crippen LogP contribution in [-0.2, 0) is 6.18 Å². The van der Waals surface area contributed by atoms with Gasteiger partial charge in [0.2, 0.25) is 0 Å². The molecule has 1 heterocycles. The molecule has 3 aromatic rings. The molecular formula is C26H22F5NO. The van der Waals surface area contributed by atoms with Gasteiger partial charge in [-0.3, -0.25) is 4.98 Å². The molecule has 33 heavy (non-hydrogen) atoms. The monoisotopic (exact) mass is 459 g/mol. The molecule has 2 aromatic carbocycles. The van der Waals surface area contributed by atoms with E-state index in [9.17, 15) is 22.7 Å². The highest BCUT2D eigenvalue weighted by molar-refractivity contribution is 5.78. The SMILES string of the molecule is CC(C)c1nc2c(c(-c3ccc(F)cc3)c1C(F)c1ccc(C(F)(F)F)cc1)C(O)CC=C2. The third-order valence-corrected chi connectivity index (χ3v) is 5.76. The molecule has 0 saturated carbocycles. The first-order chi connectivity index (χ1) is 15.6. The van der Waals surface area contributed by atoms with Crippen molar-refractivity contribution in [2.45, 2.75) is 44.6 Å². The zero-order chi connectivity index (χ0) is 23.9. The molecule has 0 bridgehead atoms. The number of aromatic nitrogens is 1. The van der Waals surface area contributed by atoms with Gasteiger partial charge in [-0.05, 0) is 59.4 Å². The maximum atomic E-state index is 16.1. The van der Waals surface area contributed by atoms with E-state index in [0.29, 0.717) is 34.5 Å². The molecular weight excluding hydrogens is 437 g/mol. The average molecular weight is 459 g/mol. The van der Waals surface area contributed by atoms with Crippen LogP contribution in [0, 0.1) is 5.82 Å². The lowest BCUT2D eigenvalue weighted by molar-refractivity contribution is -0.137. The highest BCUT2D eigenvalue weighted by Gasteiger charge is 2.33. The lowest BCUT2D eigenvalue weighted by Crippen LogP contribution is -2.15. The molecule has 1 aromatic heterocycles. The van der Waals surface area contributed by atoms with Crippen LogP contribution in [0.1, 0.15) is 72.1 Å². The van der Waals surface area contributed by atoms with Crippen molar-refractivity contribution in [1.82, 2.24) is 4.98 Å². The largest absolute Gasteiger partial charge is 0.416 e. The molecule has 4 rings (SSSR count). The molecule has 0 spiro atoms. The Morgan fingerprint density at radius 3 is 2.21 bits per heavy atom. The third kappa shape index (κ3) is 4.42. The van der Waals surface area contributed by atoms with Crippen molar-refractivity contribution in [1.29, 1.82) is 0 Å². The maximum absolute atomic E-state index is 16.1. The number of benzene rings is 2. The molecule has 2 atom stereocenters. The van der Waals surface area contributed by atoms with Crippen LogP contribution >= 0.6 is 0 Å². The van der Waals surface area contributed by atoms with Gasteiger partial charge in [0.25, 0.3) is 0 Å². The second-order valence-electron chi connectivity index (χ2n) is 8.38. The van der Waals surface area contributed by atoms with Gasteiger partial charge in [0, 0.05) is 11.1 Å². The highest BCUT2D eigenvalue weighted by atomic mass is 19.4. The smallest absolute Gasteiger partial charge is 0.388 e. The summed E-state index contributed by atoms with van der Waals surface area (Å²) in [5.41, 5.74) is 1.59. The van der Waals surface area contributed by atoms with Crippen LogP contribution in [0.4, 0.5) is 22.0 Å². The van der Waals surface area contributed by atoms with E-state index in [1.807, 2.05) is 13.8 Å². The van der Waals surface area contributed by atoms with Crippen molar-refractivity contribution in [3.8, 4) is 11.1 Å². The summed E-state index contributed by atoms with van der Waals surface area (Å²) in [6.07, 6.45) is -3.44. The van der Waals surface area contributed by atoms with Crippen LogP contribution in [0.3, 0.4) is 0 Å². The Labute approximate surface area is 188 Å². The predicted molar refractivity (Wildman–Crippen MR) is 117 cm³/mol. The van der Waals surface area contributed by atoms with Crippen molar-refractivity contribution in [2.24, 2.45) is 0 Å². The Morgan fingerprint density at radius 2 is 1.64 bits per heavy atom. The van der Waals surface area contributed by atoms with E-state index < -0.39 is 29.8 Å². The quantitative estimate of drug-likeness (QED) is 0.409. The van der Waals surface area contributed by atoms with Gasteiger partial charge in [0.05, 0.1) is 23.1 Å². The lowest BCUT2D eigenvalue weighted by Gasteiger charge is -2.28. The van der Waals surface area contributed by atoms with Crippen molar-refractivity contribution >= 4 is 6.08 Å². The summed E-state index contributed by atoms with van der Waals surface area (Å²) in [6, 6.07) is 9.42. The number of pyridine rings is 1. The lowest BCUT2D eigenvalue weighted by atomic mass is 9.82. The number of rotatable bonds is 4. The number of fused-ring (bicyclic) bond motifs is 1. The standard InChI is InChI=1S/C26H22F5NO/c1-14(2)25-23(24(28)16-6-10-17(11-7-16)26(29,30)31)21(15-8-12-18(27)13-9-15)22-19(32-25)4-3-5-20(22)33/h3-4,6-14,20,24,33H,5H2,1-2H3. The molecule has 0 fully saturated rings. The zero-order valence-electron chi connectivity index (χ0n) is 18.0. The Bertz CT molecular complexity index is 1180. The summed E-state index contributed by atoms with van der Waals surface area (Å²) < 4.78 is 68.8. The van der Waals surface area contributed by atoms with E-state index in [1.54, 1.807) is 12.2 Å². The van der Waals surface area contributed by atoms with Gasteiger partial charge in [-0.1, -0.05) is 44.2 Å². The number of hydrogen-bond acceptors (Lipinski definition) is 2. The first-order valence-corrected chi connectivity index (χ1v) is 10.6. The average Bonchev–Trinajstić information content (AvgIpc) is 2.77. The van der Waals surface area contributed by atoms with Crippen LogP contribution in [0.2, 0.25) is 0 Å². The van der Waals surface area contributed by atoms with Crippen molar-refractivity contribution in [3.63, 3.8) is 0 Å². The third-order valence-electron chi connectivity index (χ3n) is 5.76. The molecule has 2 nitrogen and oxygen atoms in total. The molecule has 7 heteroatoms. The molecule has 0 aliphatic heterocycles. The number of alkyl halides is 4. The van der Waals surface area contributed by atoms with E-state index in [0.717, 1.165) is 24.3 Å². The predicted octanol–water partition coefficient (Wildman–Crippen LogP) is 7.54. The van der Waals surface area contributed by atoms with E-state index in [-0.39, 0.29) is 17.0 Å². The van der Waals surface area contributed by atoms with E-state index in [4.69, 9.17) is 0 Å². The Balaban J connectivity index is 1.99. The van der Waals surface area contributed by atoms with E-state index in [2.05, 4.69) is 4.98 Å². The molecule has 1 N–H and O–H groups in total. The number of nitrogens with zero attached hydrogens (tertiary/aromatic N) is 1. The normalized spacial score (nSPS) is 16.7. The van der Waals surface area contributed by atoms with Crippen LogP contribution in [-0.4, -0.2) is 10.1 Å². The number of halogens is 5. The fourth-order valence-corrected chi connectivity index (χ4v) is 4.17. The highest BCUT2D eigenvalue weighted by Crippen LogP contribution is 2.45. The fraction of sp³-hybridized carbons (Fsp3) is 0.269. The van der Waals surface area contributed by atoms with Gasteiger partial charge in [0.15, 0.2) is 6.17 Å². The minimum Gasteiger partial charge on any atom is -0.388 e. The van der Waals surface area contributed by atoms with Crippen LogP contribution < -0.4 is 0 Å². The van der Waals surface area contributed by atoms with Crippen molar-refractivity contribution in [2.75, 3.05) is 0 Å². The Morgan fingerprint density at radius 1 is 1.00 bits per heavy atom. The topological polar surface area (TPSA) is 33.1 Å². The van der Waals surface area contributed by atoms with Gasteiger partial charge < -0.3 is 5.11 Å². The molecule has 0 amide bonds. The summed E-state index contributed by atoms with van der Waals surface area (Å²) in [7, 11) is 0. The molecule has 172 valence electrons. The Kier molecular flexibility index (Phi) is 6.10. The fourth-order valence-electron chi connectivity index (χ4n) is 4.17. The number of aliphatic hydroxyl groups excluding tert-OH is 1. The zero-order valence-corrected chi connectivity index (χ0v) is 18.0. The van der Waals surface area contributed by atoms with Gasteiger partial charge in [-0.15, -0.1) is 0 Å². The van der Waals surface area contributed by atoms with Gasteiger partial charge in [-0.2, -0.15) is 13.2 Å². The molecule has 2 unspecified atom stereocenters. The molecule has 1 aliphatic carbocycles. The van der Waals surface area contributed by atoms with Gasteiger partial charge in [-0.25, -0.2) is 8.78 Å². The van der Waals surface area contributed by atoms with Crippen molar-refractivity contribution in [3.05, 3.63) is 94.1 Å².